The van der Waals surface area contributed by atoms with Gasteiger partial charge in [-0.1, -0.05) is 36.9 Å². The van der Waals surface area contributed by atoms with Crippen molar-refractivity contribution in [3.05, 3.63) is 42.5 Å². The predicted molar refractivity (Wildman–Crippen MR) is 59.3 cm³/mol. The van der Waals surface area contributed by atoms with E-state index in [1.54, 1.807) is 0 Å². The first-order valence-electron chi connectivity index (χ1n) is 5.14. The normalized spacial score (nSPS) is 19.6. The minimum Gasteiger partial charge on any atom is -0.393 e. The first-order chi connectivity index (χ1) is 7.66. The van der Waals surface area contributed by atoms with E-state index >= 15 is 0 Å². The van der Waals surface area contributed by atoms with Crippen molar-refractivity contribution in [3.8, 4) is 0 Å². The third-order valence-corrected chi connectivity index (χ3v) is 2.64. The van der Waals surface area contributed by atoms with Crippen molar-refractivity contribution < 1.29 is 14.3 Å². The van der Waals surface area contributed by atoms with Crippen LogP contribution in [0.15, 0.2) is 36.9 Å². The Morgan fingerprint density at radius 1 is 1.31 bits per heavy atom. The Morgan fingerprint density at radius 3 is 2.56 bits per heavy atom. The molecule has 82 valence electrons. The van der Waals surface area contributed by atoms with E-state index in [-0.39, 0.29) is 12.3 Å². The number of carbonyl (C=O) groups is 2. The van der Waals surface area contributed by atoms with Gasteiger partial charge in [-0.3, -0.25) is 9.59 Å². The number of rotatable bonds is 3. The fraction of sp³-hybridized carbons (Fsp3) is 0.231. The second-order valence-electron chi connectivity index (χ2n) is 3.87. The van der Waals surface area contributed by atoms with Crippen LogP contribution >= 0.6 is 0 Å². The van der Waals surface area contributed by atoms with Gasteiger partial charge in [-0.15, -0.1) is 0 Å². The summed E-state index contributed by atoms with van der Waals surface area (Å²) in [5.74, 6) is -1.22. The molecule has 1 fully saturated rings. The first-order valence-corrected chi connectivity index (χ1v) is 5.14. The number of carbonyl (C=O) groups excluding carboxylic acids is 2. The molecule has 3 heteroatoms. The van der Waals surface area contributed by atoms with E-state index in [1.807, 2.05) is 30.3 Å². The van der Waals surface area contributed by atoms with Gasteiger partial charge in [-0.05, 0) is 17.6 Å². The molecular weight excluding hydrogens is 204 g/mol. The van der Waals surface area contributed by atoms with Crippen LogP contribution in [0.4, 0.5) is 0 Å². The molecule has 0 spiro atoms. The molecule has 0 radical (unpaired) electrons. The minimum absolute atomic E-state index is 0.171. The van der Waals surface area contributed by atoms with Crippen LogP contribution < -0.4 is 0 Å². The highest BCUT2D eigenvalue weighted by molar-refractivity contribution is 5.95. The lowest BCUT2D eigenvalue weighted by atomic mass is 9.94. The largest absolute Gasteiger partial charge is 0.393 e. The van der Waals surface area contributed by atoms with Crippen LogP contribution in [0.25, 0.3) is 5.57 Å². The summed E-state index contributed by atoms with van der Waals surface area (Å²) >= 11 is 0. The van der Waals surface area contributed by atoms with E-state index in [1.165, 1.54) is 0 Å². The summed E-state index contributed by atoms with van der Waals surface area (Å²) in [6.45, 7) is 3.93. The summed E-state index contributed by atoms with van der Waals surface area (Å²) < 4.78 is 4.49. The summed E-state index contributed by atoms with van der Waals surface area (Å²) in [6.07, 6.45) is 0.652. The van der Waals surface area contributed by atoms with Gasteiger partial charge in [0.1, 0.15) is 0 Å². The zero-order valence-corrected chi connectivity index (χ0v) is 8.81. The van der Waals surface area contributed by atoms with Gasteiger partial charge in [0.2, 0.25) is 0 Å². The number of ether oxygens (including phenoxy) is 1. The molecule has 1 aliphatic rings. The van der Waals surface area contributed by atoms with Gasteiger partial charge in [0.05, 0.1) is 12.3 Å². The van der Waals surface area contributed by atoms with Crippen LogP contribution in [0, 0.1) is 5.92 Å². The minimum atomic E-state index is -0.434. The van der Waals surface area contributed by atoms with Gasteiger partial charge in [0.25, 0.3) is 0 Å². The molecule has 2 rings (SSSR count). The highest BCUT2D eigenvalue weighted by Crippen LogP contribution is 2.27. The lowest BCUT2D eigenvalue weighted by Gasteiger charge is -2.07. The molecule has 0 saturated carbocycles. The van der Waals surface area contributed by atoms with Crippen LogP contribution in [0.5, 0.6) is 0 Å². The Bertz CT molecular complexity index is 434. The average molecular weight is 216 g/mol. The van der Waals surface area contributed by atoms with E-state index in [0.717, 1.165) is 11.1 Å². The number of benzene rings is 1. The molecule has 1 unspecified atom stereocenters. The predicted octanol–water partition coefficient (Wildman–Crippen LogP) is 2.18. The number of allylic oxidation sites excluding steroid dienone is 1. The quantitative estimate of drug-likeness (QED) is 0.574. The van der Waals surface area contributed by atoms with Crippen LogP contribution in [-0.4, -0.2) is 11.9 Å². The fourth-order valence-electron chi connectivity index (χ4n) is 1.77. The molecule has 0 aromatic heterocycles. The standard InChI is InChI=1S/C13H12O3/c1-9(10-5-3-2-4-6-10)7-11-8-12(14)16-13(11)15/h2-6,11H,1,7-8H2. The maximum atomic E-state index is 11.3. The van der Waals surface area contributed by atoms with Gasteiger partial charge in [-0.2, -0.15) is 0 Å². The topological polar surface area (TPSA) is 43.4 Å². The average Bonchev–Trinajstić information content (AvgIpc) is 2.59. The SMILES string of the molecule is C=C(CC1CC(=O)OC1=O)c1ccccc1. The molecule has 16 heavy (non-hydrogen) atoms. The lowest BCUT2D eigenvalue weighted by molar-refractivity contribution is -0.153. The number of hydrogen-bond donors (Lipinski definition) is 0. The zero-order chi connectivity index (χ0) is 11.5. The van der Waals surface area contributed by atoms with Crippen molar-refractivity contribution in [2.24, 2.45) is 5.92 Å². The van der Waals surface area contributed by atoms with Crippen molar-refractivity contribution in [1.82, 2.24) is 0 Å². The second kappa shape index (κ2) is 4.31. The molecule has 1 aliphatic heterocycles. The van der Waals surface area contributed by atoms with E-state index in [2.05, 4.69) is 11.3 Å². The maximum absolute atomic E-state index is 11.3. The second-order valence-corrected chi connectivity index (χ2v) is 3.87. The summed E-state index contributed by atoms with van der Waals surface area (Å²) in [7, 11) is 0. The monoisotopic (exact) mass is 216 g/mol. The van der Waals surface area contributed by atoms with Gasteiger partial charge in [0, 0.05) is 0 Å². The Labute approximate surface area is 93.7 Å². The van der Waals surface area contributed by atoms with Crippen molar-refractivity contribution in [2.45, 2.75) is 12.8 Å². The Kier molecular flexibility index (Phi) is 2.86. The highest BCUT2D eigenvalue weighted by atomic mass is 16.6. The van der Waals surface area contributed by atoms with Crippen molar-refractivity contribution >= 4 is 17.5 Å². The summed E-state index contributed by atoms with van der Waals surface area (Å²) in [4.78, 5) is 22.2. The molecule has 0 N–H and O–H groups in total. The number of cyclic esters (lactones) is 2. The number of hydrogen-bond acceptors (Lipinski definition) is 3. The molecule has 1 heterocycles. The summed E-state index contributed by atoms with van der Waals surface area (Å²) in [5, 5.41) is 0. The van der Waals surface area contributed by atoms with Gasteiger partial charge >= 0.3 is 11.9 Å². The number of esters is 2. The third kappa shape index (κ3) is 2.19. The Balaban J connectivity index is 2.03. The van der Waals surface area contributed by atoms with E-state index in [0.29, 0.717) is 6.42 Å². The maximum Gasteiger partial charge on any atom is 0.317 e. The summed E-state index contributed by atoms with van der Waals surface area (Å²) in [5.41, 5.74) is 1.85. The van der Waals surface area contributed by atoms with E-state index in [4.69, 9.17) is 0 Å². The lowest BCUT2D eigenvalue weighted by Crippen LogP contribution is -2.07. The smallest absolute Gasteiger partial charge is 0.317 e. The molecular formula is C13H12O3. The van der Waals surface area contributed by atoms with Crippen LogP contribution in [-0.2, 0) is 14.3 Å². The van der Waals surface area contributed by atoms with Gasteiger partial charge in [-0.25, -0.2) is 0 Å². The van der Waals surface area contributed by atoms with Gasteiger partial charge in [0.15, 0.2) is 0 Å². The first kappa shape index (κ1) is 10.6. The van der Waals surface area contributed by atoms with E-state index in [9.17, 15) is 9.59 Å². The van der Waals surface area contributed by atoms with Crippen molar-refractivity contribution in [3.63, 3.8) is 0 Å². The van der Waals surface area contributed by atoms with Gasteiger partial charge < -0.3 is 4.74 Å². The van der Waals surface area contributed by atoms with Crippen LogP contribution in [0.1, 0.15) is 18.4 Å². The molecule has 0 amide bonds. The van der Waals surface area contributed by atoms with Crippen molar-refractivity contribution in [2.75, 3.05) is 0 Å². The molecule has 3 nitrogen and oxygen atoms in total. The van der Waals surface area contributed by atoms with E-state index < -0.39 is 11.9 Å². The van der Waals surface area contributed by atoms with Crippen LogP contribution in [0.3, 0.4) is 0 Å². The third-order valence-electron chi connectivity index (χ3n) is 2.64. The molecule has 1 atom stereocenters. The molecule has 0 bridgehead atoms. The molecule has 1 aromatic rings. The Morgan fingerprint density at radius 2 is 2.00 bits per heavy atom. The van der Waals surface area contributed by atoms with Crippen molar-refractivity contribution in [1.29, 1.82) is 0 Å². The molecule has 1 aromatic carbocycles. The fourth-order valence-corrected chi connectivity index (χ4v) is 1.77. The zero-order valence-electron chi connectivity index (χ0n) is 8.81. The summed E-state index contributed by atoms with van der Waals surface area (Å²) in [6, 6.07) is 9.62. The van der Waals surface area contributed by atoms with Crippen LogP contribution in [0.2, 0.25) is 0 Å². The Hall–Kier alpha value is -1.90. The molecule has 1 saturated heterocycles. The highest BCUT2D eigenvalue weighted by Gasteiger charge is 2.33. The molecule has 0 aliphatic carbocycles.